The van der Waals surface area contributed by atoms with Gasteiger partial charge in [0.15, 0.2) is 0 Å². The molecule has 2 heterocycles. The predicted octanol–water partition coefficient (Wildman–Crippen LogP) is 4.89. The minimum atomic E-state index is 0.550. The second-order valence-corrected chi connectivity index (χ2v) is 6.45. The SMILES string of the molecule is Cc1ccc(-c2nnc(SCc3cccc4cccnc34)o2)cc1. The van der Waals surface area contributed by atoms with Gasteiger partial charge in [-0.05, 0) is 30.7 Å². The standard InChI is InChI=1S/C19H15N3OS/c1-13-7-9-15(10-8-13)18-21-22-19(23-18)24-12-16-5-2-4-14-6-3-11-20-17(14)16/h2-11H,12H2,1H3. The summed E-state index contributed by atoms with van der Waals surface area (Å²) in [6, 6.07) is 18.3. The van der Waals surface area contributed by atoms with Gasteiger partial charge in [0.2, 0.25) is 5.89 Å². The van der Waals surface area contributed by atoms with Crippen LogP contribution in [0.5, 0.6) is 0 Å². The van der Waals surface area contributed by atoms with Crippen LogP contribution in [0.25, 0.3) is 22.4 Å². The van der Waals surface area contributed by atoms with Gasteiger partial charge >= 0.3 is 0 Å². The maximum absolute atomic E-state index is 5.76. The van der Waals surface area contributed by atoms with E-state index in [1.807, 2.05) is 42.6 Å². The molecule has 5 heteroatoms. The van der Waals surface area contributed by atoms with Crippen molar-refractivity contribution in [2.75, 3.05) is 0 Å². The van der Waals surface area contributed by atoms with Gasteiger partial charge in [-0.1, -0.05) is 53.7 Å². The van der Waals surface area contributed by atoms with Crippen LogP contribution in [0.3, 0.4) is 0 Å². The fraction of sp³-hybridized carbons (Fsp3) is 0.105. The summed E-state index contributed by atoms with van der Waals surface area (Å²) in [6.45, 7) is 2.05. The molecule has 4 aromatic rings. The molecule has 4 rings (SSSR count). The third kappa shape index (κ3) is 3.03. The van der Waals surface area contributed by atoms with Crippen LogP contribution in [0, 0.1) is 6.92 Å². The molecule has 0 unspecified atom stereocenters. The summed E-state index contributed by atoms with van der Waals surface area (Å²) in [4.78, 5) is 4.47. The molecule has 0 aliphatic heterocycles. The number of para-hydroxylation sites is 1. The van der Waals surface area contributed by atoms with E-state index in [2.05, 4.69) is 40.3 Å². The van der Waals surface area contributed by atoms with Gasteiger partial charge in [0.25, 0.3) is 5.22 Å². The Kier molecular flexibility index (Phi) is 4.01. The molecule has 4 nitrogen and oxygen atoms in total. The maximum atomic E-state index is 5.76. The quantitative estimate of drug-likeness (QED) is 0.498. The second kappa shape index (κ2) is 6.45. The van der Waals surface area contributed by atoms with Gasteiger partial charge in [0.05, 0.1) is 5.52 Å². The fourth-order valence-electron chi connectivity index (χ4n) is 2.50. The number of pyridine rings is 1. The van der Waals surface area contributed by atoms with Crippen molar-refractivity contribution < 1.29 is 4.42 Å². The zero-order valence-corrected chi connectivity index (χ0v) is 14.0. The molecule has 24 heavy (non-hydrogen) atoms. The Labute approximate surface area is 144 Å². The largest absolute Gasteiger partial charge is 0.411 e. The van der Waals surface area contributed by atoms with Gasteiger partial charge < -0.3 is 4.42 Å². The molecule has 0 radical (unpaired) electrons. The molecule has 0 saturated heterocycles. The molecule has 0 fully saturated rings. The van der Waals surface area contributed by atoms with Crippen molar-refractivity contribution >= 4 is 22.7 Å². The Bertz CT molecular complexity index is 974. The summed E-state index contributed by atoms with van der Waals surface area (Å²) in [7, 11) is 0. The predicted molar refractivity (Wildman–Crippen MR) is 95.8 cm³/mol. The summed E-state index contributed by atoms with van der Waals surface area (Å²) in [5.41, 5.74) is 4.32. The van der Waals surface area contributed by atoms with E-state index in [0.29, 0.717) is 11.1 Å². The van der Waals surface area contributed by atoms with Gasteiger partial charge in [0.1, 0.15) is 0 Å². The highest BCUT2D eigenvalue weighted by Gasteiger charge is 2.10. The average molecular weight is 333 g/mol. The molecule has 0 N–H and O–H groups in total. The minimum absolute atomic E-state index is 0.550. The molecule has 0 aliphatic rings. The van der Waals surface area contributed by atoms with Crippen molar-refractivity contribution in [1.29, 1.82) is 0 Å². The summed E-state index contributed by atoms with van der Waals surface area (Å²) in [5.74, 6) is 1.29. The van der Waals surface area contributed by atoms with E-state index in [9.17, 15) is 0 Å². The molecule has 0 spiro atoms. The molecule has 0 bridgehead atoms. The zero-order chi connectivity index (χ0) is 16.4. The van der Waals surface area contributed by atoms with Crippen molar-refractivity contribution in [3.05, 3.63) is 71.9 Å². The van der Waals surface area contributed by atoms with Crippen LogP contribution in [0.15, 0.2) is 70.4 Å². The van der Waals surface area contributed by atoms with Crippen molar-refractivity contribution in [3.8, 4) is 11.5 Å². The minimum Gasteiger partial charge on any atom is -0.411 e. The third-order valence-corrected chi connectivity index (χ3v) is 4.64. The average Bonchev–Trinajstić information content (AvgIpc) is 3.09. The first-order valence-corrected chi connectivity index (χ1v) is 8.64. The summed E-state index contributed by atoms with van der Waals surface area (Å²) in [5, 5.41) is 9.98. The Morgan fingerprint density at radius 3 is 2.67 bits per heavy atom. The molecule has 2 aromatic carbocycles. The lowest BCUT2D eigenvalue weighted by Gasteiger charge is -2.03. The van der Waals surface area contributed by atoms with E-state index in [0.717, 1.165) is 27.8 Å². The van der Waals surface area contributed by atoms with E-state index in [1.54, 1.807) is 0 Å². The first kappa shape index (κ1) is 14.9. The summed E-state index contributed by atoms with van der Waals surface area (Å²) in [6.07, 6.45) is 1.82. The Hall–Kier alpha value is -2.66. The van der Waals surface area contributed by atoms with Crippen LogP contribution in [0.2, 0.25) is 0 Å². The normalized spacial score (nSPS) is 11.0. The highest BCUT2D eigenvalue weighted by molar-refractivity contribution is 7.98. The molecule has 0 saturated carbocycles. The molecular weight excluding hydrogens is 318 g/mol. The lowest BCUT2D eigenvalue weighted by Crippen LogP contribution is -1.86. The Morgan fingerprint density at radius 2 is 1.79 bits per heavy atom. The first-order valence-electron chi connectivity index (χ1n) is 7.65. The fourth-order valence-corrected chi connectivity index (χ4v) is 3.25. The number of rotatable bonds is 4. The third-order valence-electron chi connectivity index (χ3n) is 3.77. The van der Waals surface area contributed by atoms with E-state index in [-0.39, 0.29) is 0 Å². The van der Waals surface area contributed by atoms with E-state index >= 15 is 0 Å². The van der Waals surface area contributed by atoms with Gasteiger partial charge in [-0.2, -0.15) is 0 Å². The Balaban J connectivity index is 1.53. The molecule has 118 valence electrons. The second-order valence-electron chi connectivity index (χ2n) is 5.52. The van der Waals surface area contributed by atoms with Gasteiger partial charge in [-0.25, -0.2) is 0 Å². The molecule has 0 atom stereocenters. The van der Waals surface area contributed by atoms with Crippen LogP contribution in [0.4, 0.5) is 0 Å². The van der Waals surface area contributed by atoms with Gasteiger partial charge in [-0.3, -0.25) is 4.98 Å². The summed E-state index contributed by atoms with van der Waals surface area (Å²) >= 11 is 1.53. The molecule has 2 aromatic heterocycles. The number of aromatic nitrogens is 3. The van der Waals surface area contributed by atoms with Crippen LogP contribution in [-0.4, -0.2) is 15.2 Å². The van der Waals surface area contributed by atoms with E-state index < -0.39 is 0 Å². The van der Waals surface area contributed by atoms with Gasteiger partial charge in [0, 0.05) is 22.9 Å². The van der Waals surface area contributed by atoms with Gasteiger partial charge in [-0.15, -0.1) is 10.2 Å². The van der Waals surface area contributed by atoms with Crippen molar-refractivity contribution in [2.45, 2.75) is 17.9 Å². The van der Waals surface area contributed by atoms with Crippen molar-refractivity contribution in [3.63, 3.8) is 0 Å². The van der Waals surface area contributed by atoms with Crippen LogP contribution in [-0.2, 0) is 5.75 Å². The number of nitrogens with zero attached hydrogens (tertiary/aromatic N) is 3. The number of hydrogen-bond donors (Lipinski definition) is 0. The van der Waals surface area contributed by atoms with Crippen LogP contribution < -0.4 is 0 Å². The number of hydrogen-bond acceptors (Lipinski definition) is 5. The zero-order valence-electron chi connectivity index (χ0n) is 13.1. The molecular formula is C19H15N3OS. The molecule has 0 amide bonds. The van der Waals surface area contributed by atoms with E-state index in [1.165, 1.54) is 17.3 Å². The monoisotopic (exact) mass is 333 g/mol. The summed E-state index contributed by atoms with van der Waals surface area (Å²) < 4.78 is 5.76. The lowest BCUT2D eigenvalue weighted by atomic mass is 10.1. The smallest absolute Gasteiger partial charge is 0.277 e. The molecule has 0 aliphatic carbocycles. The topological polar surface area (TPSA) is 51.8 Å². The Morgan fingerprint density at radius 1 is 0.958 bits per heavy atom. The number of benzene rings is 2. The van der Waals surface area contributed by atoms with Crippen molar-refractivity contribution in [2.24, 2.45) is 0 Å². The van der Waals surface area contributed by atoms with Crippen LogP contribution in [0.1, 0.15) is 11.1 Å². The first-order chi connectivity index (χ1) is 11.8. The van der Waals surface area contributed by atoms with E-state index in [4.69, 9.17) is 4.42 Å². The lowest BCUT2D eigenvalue weighted by molar-refractivity contribution is 0.466. The maximum Gasteiger partial charge on any atom is 0.277 e. The highest BCUT2D eigenvalue weighted by Crippen LogP contribution is 2.28. The van der Waals surface area contributed by atoms with Crippen molar-refractivity contribution in [1.82, 2.24) is 15.2 Å². The van der Waals surface area contributed by atoms with Crippen LogP contribution >= 0.6 is 11.8 Å². The number of thioether (sulfide) groups is 1. The highest BCUT2D eigenvalue weighted by atomic mass is 32.2. The number of aryl methyl sites for hydroxylation is 1. The number of fused-ring (bicyclic) bond motifs is 1.